The number of ether oxygens (including phenoxy) is 1. The number of carbonyl (C=O) groups excluding carboxylic acids is 3. The molecule has 0 aliphatic heterocycles. The number of halogens is 3. The molecule has 2 amide bonds. The van der Waals surface area contributed by atoms with Gasteiger partial charge in [0.25, 0.3) is 11.8 Å². The van der Waals surface area contributed by atoms with E-state index < -0.39 is 11.9 Å². The van der Waals surface area contributed by atoms with Crippen molar-refractivity contribution in [3.63, 3.8) is 0 Å². The number of esters is 1. The number of thiophene rings is 1. The van der Waals surface area contributed by atoms with E-state index in [0.717, 1.165) is 14.6 Å². The monoisotopic (exact) mass is 665 g/mol. The molecule has 0 aliphatic carbocycles. The molecule has 0 spiro atoms. The van der Waals surface area contributed by atoms with E-state index in [1.54, 1.807) is 91.0 Å². The summed E-state index contributed by atoms with van der Waals surface area (Å²) in [5, 5.41) is 8.47. The fourth-order valence-electron chi connectivity index (χ4n) is 3.73. The first-order valence-electron chi connectivity index (χ1n) is 12.0. The average Bonchev–Trinajstić information content (AvgIpc) is 3.29. The predicted molar refractivity (Wildman–Crippen MR) is 167 cm³/mol. The van der Waals surface area contributed by atoms with Crippen molar-refractivity contribution < 1.29 is 19.1 Å². The zero-order valence-corrected chi connectivity index (χ0v) is 24.8. The first kappa shape index (κ1) is 28.5. The molecule has 7 nitrogen and oxygen atoms in total. The fourth-order valence-corrected chi connectivity index (χ4v) is 5.68. The molecule has 204 valence electrons. The second kappa shape index (κ2) is 12.7. The highest BCUT2D eigenvalue weighted by molar-refractivity contribution is 9.10. The number of carbonyl (C=O) groups is 3. The van der Waals surface area contributed by atoms with Gasteiger partial charge in [-0.3, -0.25) is 9.59 Å². The fraction of sp³-hybridized carbons (Fsp3) is 0. The highest BCUT2D eigenvalue weighted by atomic mass is 79.9. The number of rotatable bonds is 7. The van der Waals surface area contributed by atoms with Crippen LogP contribution in [0.15, 0.2) is 101 Å². The summed E-state index contributed by atoms with van der Waals surface area (Å²) >= 11 is 17.0. The van der Waals surface area contributed by atoms with Gasteiger partial charge in [0.2, 0.25) is 0 Å². The van der Waals surface area contributed by atoms with Crippen molar-refractivity contribution in [1.82, 2.24) is 5.43 Å². The number of amides is 2. The quantitative estimate of drug-likeness (QED) is 0.0792. The van der Waals surface area contributed by atoms with E-state index >= 15 is 0 Å². The zero-order chi connectivity index (χ0) is 28.9. The van der Waals surface area contributed by atoms with E-state index in [1.807, 2.05) is 0 Å². The van der Waals surface area contributed by atoms with Gasteiger partial charge in [0.15, 0.2) is 0 Å². The second-order valence-electron chi connectivity index (χ2n) is 8.55. The Bertz CT molecular complexity index is 1810. The third-order valence-corrected chi connectivity index (χ3v) is 8.19. The molecule has 1 heterocycles. The van der Waals surface area contributed by atoms with Crippen LogP contribution in [0.3, 0.4) is 0 Å². The van der Waals surface area contributed by atoms with Crippen molar-refractivity contribution in [2.75, 3.05) is 5.32 Å². The molecule has 0 fully saturated rings. The van der Waals surface area contributed by atoms with Crippen LogP contribution in [0.5, 0.6) is 5.75 Å². The molecule has 0 radical (unpaired) electrons. The lowest BCUT2D eigenvalue weighted by Crippen LogP contribution is -2.18. The summed E-state index contributed by atoms with van der Waals surface area (Å²) in [4.78, 5) is 38.3. The highest BCUT2D eigenvalue weighted by Gasteiger charge is 2.18. The van der Waals surface area contributed by atoms with Crippen LogP contribution >= 0.6 is 50.5 Å². The minimum Gasteiger partial charge on any atom is -0.422 e. The first-order valence-corrected chi connectivity index (χ1v) is 14.3. The van der Waals surface area contributed by atoms with Crippen molar-refractivity contribution in [2.45, 2.75) is 0 Å². The van der Waals surface area contributed by atoms with Crippen LogP contribution < -0.4 is 15.5 Å². The standard InChI is InChI=1S/C30H18BrCl2N3O4S/c31-20-9-5-18(6-10-20)30(39)40-24-4-2-1-3-19(24)16-34-36-28(37)17-7-12-22(13-8-17)35-29(38)27-26(33)23-14-11-21(32)15-25(23)41-27/h1-16H,(H,35,38)(H,36,37)/b34-16-. The summed E-state index contributed by atoms with van der Waals surface area (Å²) in [6.07, 6.45) is 1.39. The lowest BCUT2D eigenvalue weighted by molar-refractivity contribution is 0.0734. The Morgan fingerprint density at radius 2 is 1.56 bits per heavy atom. The molecule has 41 heavy (non-hydrogen) atoms. The number of hydrogen-bond acceptors (Lipinski definition) is 6. The molecule has 0 bridgehead atoms. The average molecular weight is 667 g/mol. The number of hydrazone groups is 1. The van der Waals surface area contributed by atoms with E-state index in [9.17, 15) is 14.4 Å². The number of para-hydroxylation sites is 1. The van der Waals surface area contributed by atoms with E-state index in [2.05, 4.69) is 31.8 Å². The van der Waals surface area contributed by atoms with Gasteiger partial charge >= 0.3 is 5.97 Å². The normalized spacial score (nSPS) is 11.0. The molecule has 0 saturated carbocycles. The van der Waals surface area contributed by atoms with Crippen LogP contribution in [0, 0.1) is 0 Å². The summed E-state index contributed by atoms with van der Waals surface area (Å²) in [5.41, 5.74) is 4.15. The van der Waals surface area contributed by atoms with Crippen LogP contribution in [-0.4, -0.2) is 24.0 Å². The molecular weight excluding hydrogens is 649 g/mol. The molecule has 11 heteroatoms. The van der Waals surface area contributed by atoms with Gasteiger partial charge in [0, 0.05) is 36.4 Å². The van der Waals surface area contributed by atoms with Gasteiger partial charge in [0.05, 0.1) is 16.8 Å². The van der Waals surface area contributed by atoms with Gasteiger partial charge in [-0.15, -0.1) is 11.3 Å². The van der Waals surface area contributed by atoms with Crippen LogP contribution in [-0.2, 0) is 0 Å². The smallest absolute Gasteiger partial charge is 0.343 e. The maximum Gasteiger partial charge on any atom is 0.343 e. The first-order chi connectivity index (χ1) is 19.8. The molecule has 0 unspecified atom stereocenters. The maximum absolute atomic E-state index is 12.8. The van der Waals surface area contributed by atoms with Crippen molar-refractivity contribution in [1.29, 1.82) is 0 Å². The molecule has 0 atom stereocenters. The van der Waals surface area contributed by atoms with Crippen LogP contribution in [0.4, 0.5) is 5.69 Å². The van der Waals surface area contributed by atoms with E-state index in [-0.39, 0.29) is 5.91 Å². The van der Waals surface area contributed by atoms with E-state index in [4.69, 9.17) is 27.9 Å². The molecule has 4 aromatic carbocycles. The Kier molecular flexibility index (Phi) is 8.80. The van der Waals surface area contributed by atoms with Gasteiger partial charge in [-0.1, -0.05) is 57.3 Å². The van der Waals surface area contributed by atoms with Crippen LogP contribution in [0.1, 0.15) is 36.0 Å². The predicted octanol–water partition coefficient (Wildman–Crippen LogP) is 8.21. The number of anilines is 1. The Balaban J connectivity index is 1.20. The van der Waals surface area contributed by atoms with Gasteiger partial charge in [-0.05, 0) is 72.8 Å². The number of nitrogens with one attached hydrogen (secondary N) is 2. The number of nitrogens with zero attached hydrogens (tertiary/aromatic N) is 1. The van der Waals surface area contributed by atoms with Gasteiger partial charge in [-0.25, -0.2) is 10.2 Å². The third-order valence-electron chi connectivity index (χ3n) is 5.77. The Hall–Kier alpha value is -4.02. The third kappa shape index (κ3) is 6.83. The summed E-state index contributed by atoms with van der Waals surface area (Å²) in [6, 6.07) is 25.2. The van der Waals surface area contributed by atoms with Gasteiger partial charge in [-0.2, -0.15) is 5.10 Å². The minimum atomic E-state index is -0.520. The van der Waals surface area contributed by atoms with Crippen molar-refractivity contribution >= 4 is 90.2 Å². The largest absolute Gasteiger partial charge is 0.422 e. The highest BCUT2D eigenvalue weighted by Crippen LogP contribution is 2.37. The summed E-state index contributed by atoms with van der Waals surface area (Å²) < 4.78 is 7.17. The summed E-state index contributed by atoms with van der Waals surface area (Å²) in [6.45, 7) is 0. The van der Waals surface area contributed by atoms with Crippen molar-refractivity contribution in [3.05, 3.63) is 127 Å². The van der Waals surface area contributed by atoms with Crippen LogP contribution in [0.2, 0.25) is 10.0 Å². The zero-order valence-electron chi connectivity index (χ0n) is 20.9. The Labute approximate surface area is 256 Å². The van der Waals surface area contributed by atoms with Crippen LogP contribution in [0.25, 0.3) is 10.1 Å². The Morgan fingerprint density at radius 3 is 2.32 bits per heavy atom. The molecule has 0 saturated heterocycles. The van der Waals surface area contributed by atoms with E-state index in [0.29, 0.717) is 43.0 Å². The lowest BCUT2D eigenvalue weighted by atomic mass is 10.2. The summed E-state index contributed by atoms with van der Waals surface area (Å²) in [5.74, 6) is -1.06. The lowest BCUT2D eigenvalue weighted by Gasteiger charge is -2.07. The molecule has 5 rings (SSSR count). The van der Waals surface area contributed by atoms with Gasteiger partial charge in [0.1, 0.15) is 10.6 Å². The number of fused-ring (bicyclic) bond motifs is 1. The molecular formula is C30H18BrCl2N3O4S. The molecule has 1 aromatic heterocycles. The van der Waals surface area contributed by atoms with Crippen molar-refractivity contribution in [3.8, 4) is 5.75 Å². The van der Waals surface area contributed by atoms with Gasteiger partial charge < -0.3 is 10.1 Å². The Morgan fingerprint density at radius 1 is 0.854 bits per heavy atom. The maximum atomic E-state index is 12.8. The molecule has 5 aromatic rings. The number of benzene rings is 4. The molecule has 2 N–H and O–H groups in total. The topological polar surface area (TPSA) is 96.9 Å². The second-order valence-corrected chi connectivity index (χ2v) is 11.3. The summed E-state index contributed by atoms with van der Waals surface area (Å²) in [7, 11) is 0. The van der Waals surface area contributed by atoms with Crippen molar-refractivity contribution in [2.24, 2.45) is 5.10 Å². The number of hydrogen-bond donors (Lipinski definition) is 2. The minimum absolute atomic E-state index is 0.292. The van der Waals surface area contributed by atoms with E-state index in [1.165, 1.54) is 17.6 Å². The molecule has 0 aliphatic rings. The SMILES string of the molecule is O=C(N/N=C\c1ccccc1OC(=O)c1ccc(Br)cc1)c1ccc(NC(=O)c2sc3cc(Cl)ccc3c2Cl)cc1.